The Morgan fingerprint density at radius 2 is 1.31 bits per heavy atom. The first-order valence-corrected chi connectivity index (χ1v) is 32.9. The number of hydrogen-bond acceptors (Lipinski definition) is 14. The van der Waals surface area contributed by atoms with Gasteiger partial charge in [-0.1, -0.05) is 120 Å². The molecule has 0 spiro atoms. The molecule has 3 aromatic carbocycles. The molecule has 2 heterocycles. The lowest BCUT2D eigenvalue weighted by Crippen LogP contribution is -2.60. The van der Waals surface area contributed by atoms with E-state index in [1.807, 2.05) is 50.2 Å². The number of likely N-dealkylation sites (tertiary alicyclic amines) is 2. The van der Waals surface area contributed by atoms with Crippen LogP contribution in [0.5, 0.6) is 0 Å². The monoisotopic (exact) mass is 1310 g/mol. The van der Waals surface area contributed by atoms with Crippen LogP contribution in [0.25, 0.3) is 10.8 Å². The highest BCUT2D eigenvalue weighted by Crippen LogP contribution is 2.41. The fourth-order valence-electron chi connectivity index (χ4n) is 12.8. The number of rotatable bonds is 34. The first-order chi connectivity index (χ1) is 44.8. The van der Waals surface area contributed by atoms with Crippen LogP contribution >= 0.6 is 0 Å². The second-order valence-electron chi connectivity index (χ2n) is 25.5. The van der Waals surface area contributed by atoms with Crippen LogP contribution in [0.2, 0.25) is 0 Å². The molecular formula is C67H98N14O13. The van der Waals surface area contributed by atoms with Crippen LogP contribution in [0, 0.1) is 17.8 Å². The van der Waals surface area contributed by atoms with Crippen molar-refractivity contribution in [2.75, 3.05) is 39.8 Å². The molecule has 1 saturated carbocycles. The quantitative estimate of drug-likeness (QED) is 0.0221. The third-order valence-corrected chi connectivity index (χ3v) is 18.1. The lowest BCUT2D eigenvalue weighted by atomic mass is 9.84. The van der Waals surface area contributed by atoms with Gasteiger partial charge in [-0.15, -0.1) is 0 Å². The predicted octanol–water partition coefficient (Wildman–Crippen LogP) is 0.609. The van der Waals surface area contributed by atoms with Crippen molar-refractivity contribution in [2.45, 2.75) is 191 Å². The Bertz CT molecular complexity index is 3160. The Morgan fingerprint density at radius 1 is 0.681 bits per heavy atom. The van der Waals surface area contributed by atoms with E-state index in [0.717, 1.165) is 34.9 Å². The second kappa shape index (κ2) is 36.1. The number of carbonyl (C=O) groups excluding carboxylic acids is 10. The Labute approximate surface area is 549 Å². The SMILES string of the molecule is CC[C@H](C)[C@H](NC(=O)[C@H](Cc1ccc2ccccc2c1)NC(=O)[C@H](CO)NC(=O)[C@H](Cc1ccccc1)N(C)C(=O)CNC(=O)[C@@H]1CCCN1C(=O)[C@@H]1C[C@@H]2CCCC[C@@H]2N1C(=O)[C@H](CCCN=C(N)N)NC(=O)[C@H](CC(C)C)NC(=O)[C@@H](CCCN)NC(C)=O)C(=O)O. The van der Waals surface area contributed by atoms with Crippen LogP contribution in [-0.2, 0) is 65.6 Å². The van der Waals surface area contributed by atoms with Crippen molar-refractivity contribution in [1.82, 2.24) is 51.9 Å². The van der Waals surface area contributed by atoms with Gasteiger partial charge in [0.2, 0.25) is 59.1 Å². The van der Waals surface area contributed by atoms with Crippen LogP contribution < -0.4 is 54.4 Å². The largest absolute Gasteiger partial charge is 0.480 e. The smallest absolute Gasteiger partial charge is 0.326 e. The molecule has 94 heavy (non-hydrogen) atoms. The molecular weight excluding hydrogens is 1210 g/mol. The van der Waals surface area contributed by atoms with Gasteiger partial charge in [0.25, 0.3) is 0 Å². The number of carboxylic acids is 1. The summed E-state index contributed by atoms with van der Waals surface area (Å²) in [5, 5.41) is 41.2. The molecule has 6 rings (SSSR count). The first kappa shape index (κ1) is 74.3. The fourth-order valence-corrected chi connectivity index (χ4v) is 12.8. The van der Waals surface area contributed by atoms with Crippen LogP contribution in [-0.4, -0.2) is 196 Å². The molecule has 3 aliphatic rings. The van der Waals surface area contributed by atoms with Crippen molar-refractivity contribution >= 4 is 81.8 Å². The number of guanidine groups is 1. The zero-order valence-electron chi connectivity index (χ0n) is 55.0. The van der Waals surface area contributed by atoms with E-state index in [1.54, 1.807) is 55.1 Å². The maximum Gasteiger partial charge on any atom is 0.326 e. The number of likely N-dealkylation sites (N-methyl/N-ethyl adjacent to an activating group) is 1. The summed E-state index contributed by atoms with van der Waals surface area (Å²) >= 11 is 0. The lowest BCUT2D eigenvalue weighted by molar-refractivity contribution is -0.150. The van der Waals surface area contributed by atoms with E-state index < -0.39 is 138 Å². The van der Waals surface area contributed by atoms with Gasteiger partial charge in [-0.25, -0.2) is 4.79 Å². The Kier molecular flexibility index (Phi) is 28.5. The van der Waals surface area contributed by atoms with Crippen molar-refractivity contribution in [3.8, 4) is 0 Å². The third kappa shape index (κ3) is 20.9. The zero-order chi connectivity index (χ0) is 68.8. The highest BCUT2D eigenvalue weighted by atomic mass is 16.4. The third-order valence-electron chi connectivity index (χ3n) is 18.1. The normalized spacial score (nSPS) is 19.3. The minimum absolute atomic E-state index is 0.0520. The van der Waals surface area contributed by atoms with Gasteiger partial charge >= 0.3 is 5.97 Å². The number of aliphatic carboxylic acids is 1. The summed E-state index contributed by atoms with van der Waals surface area (Å²) < 4.78 is 0. The number of carboxylic acid groups (broad SMARTS) is 1. The zero-order valence-corrected chi connectivity index (χ0v) is 55.0. The van der Waals surface area contributed by atoms with E-state index >= 15 is 9.59 Å². The summed E-state index contributed by atoms with van der Waals surface area (Å²) in [6.07, 6.45) is 5.28. The molecule has 15 N–H and O–H groups in total. The Balaban J connectivity index is 1.18. The molecule has 1 aliphatic carbocycles. The molecule has 3 fully saturated rings. The standard InChI is InChI=1S/C67H98N14O13/c1-7-40(4)57(66(93)94)78-60(87)50(34-43-27-28-44-20-11-12-21-45(44)33-43)76-61(88)51(38-82)77-63(90)54(35-42-18-9-8-10-19-42)79(6)56(84)37-72-62(89)53-26-17-31-80(53)65(92)55-36-46-22-13-14-25-52(46)81(55)64(91)48(24-16-30-71-67(69)70)74-59(86)49(32-39(2)3)75-58(85)47(23-15-29-68)73-41(5)83/h8-12,18-21,27-28,33,39-40,46-55,57,82H,7,13-17,22-26,29-32,34-38,68H2,1-6H3,(H,72,89)(H,73,83)(H,74,86)(H,75,85)(H,76,88)(H,77,90)(H,78,87)(H,93,94)(H4,69,70,71)/t40-,46-,47+,48-,49-,50-,51-,52-,53-,54-,55-,57-/m0/s1. The van der Waals surface area contributed by atoms with Crippen LogP contribution in [0.3, 0.4) is 0 Å². The van der Waals surface area contributed by atoms with Gasteiger partial charge in [0.15, 0.2) is 5.96 Å². The molecule has 0 bridgehead atoms. The van der Waals surface area contributed by atoms with Gasteiger partial charge in [0.05, 0.1) is 13.2 Å². The Morgan fingerprint density at radius 3 is 1.97 bits per heavy atom. The summed E-state index contributed by atoms with van der Waals surface area (Å²) in [4.78, 5) is 163. The number of fused-ring (bicyclic) bond motifs is 2. The predicted molar refractivity (Wildman–Crippen MR) is 352 cm³/mol. The number of nitrogens with two attached hydrogens (primary N) is 3. The van der Waals surface area contributed by atoms with Crippen molar-refractivity contribution in [2.24, 2.45) is 39.9 Å². The van der Waals surface area contributed by atoms with Crippen molar-refractivity contribution < 1.29 is 63.0 Å². The number of nitrogens with one attached hydrogen (secondary N) is 7. The van der Waals surface area contributed by atoms with Crippen molar-refractivity contribution in [3.63, 3.8) is 0 Å². The summed E-state index contributed by atoms with van der Waals surface area (Å²) in [5.41, 5.74) is 18.2. The van der Waals surface area contributed by atoms with E-state index in [0.29, 0.717) is 43.2 Å². The highest BCUT2D eigenvalue weighted by Gasteiger charge is 2.52. The topological polar surface area (TPSA) is 413 Å². The average molecular weight is 1310 g/mol. The molecule has 12 atom stereocenters. The number of aliphatic hydroxyl groups excluding tert-OH is 1. The molecule has 0 radical (unpaired) electrons. The maximum absolute atomic E-state index is 15.3. The van der Waals surface area contributed by atoms with Gasteiger partial charge in [-0.3, -0.25) is 52.9 Å². The van der Waals surface area contributed by atoms with Crippen LogP contribution in [0.15, 0.2) is 77.8 Å². The summed E-state index contributed by atoms with van der Waals surface area (Å²) in [5.74, 6) is -8.81. The number of aliphatic hydroxyl groups is 1. The van der Waals surface area contributed by atoms with E-state index in [2.05, 4.69) is 42.2 Å². The molecule has 10 amide bonds. The number of hydrogen-bond donors (Lipinski definition) is 12. The van der Waals surface area contributed by atoms with Gasteiger partial charge in [-0.2, -0.15) is 0 Å². The summed E-state index contributed by atoms with van der Waals surface area (Å²) in [6.45, 7) is 7.43. The second-order valence-corrected chi connectivity index (χ2v) is 25.5. The minimum Gasteiger partial charge on any atom is -0.480 e. The van der Waals surface area contributed by atoms with E-state index in [9.17, 15) is 53.4 Å². The van der Waals surface area contributed by atoms with Gasteiger partial charge < -0.3 is 79.3 Å². The Hall–Kier alpha value is -8.72. The molecule has 0 unspecified atom stereocenters. The molecule has 2 aliphatic heterocycles. The number of amides is 10. The number of nitrogens with zero attached hydrogens (tertiary/aromatic N) is 4. The maximum atomic E-state index is 15.3. The van der Waals surface area contributed by atoms with Crippen LogP contribution in [0.1, 0.15) is 129 Å². The van der Waals surface area contributed by atoms with Gasteiger partial charge in [0.1, 0.15) is 54.4 Å². The molecule has 27 nitrogen and oxygen atoms in total. The average Bonchev–Trinajstić information content (AvgIpc) is 1.61. The molecule has 2 saturated heterocycles. The summed E-state index contributed by atoms with van der Waals surface area (Å²) in [7, 11) is 1.35. The van der Waals surface area contributed by atoms with Crippen LogP contribution in [0.4, 0.5) is 0 Å². The first-order valence-electron chi connectivity index (χ1n) is 32.9. The van der Waals surface area contributed by atoms with Crippen molar-refractivity contribution in [1.29, 1.82) is 0 Å². The highest BCUT2D eigenvalue weighted by molar-refractivity contribution is 5.99. The summed E-state index contributed by atoms with van der Waals surface area (Å²) in [6, 6.07) is 10.2. The van der Waals surface area contributed by atoms with Gasteiger partial charge in [-0.05, 0) is 110 Å². The number of benzene rings is 3. The van der Waals surface area contributed by atoms with E-state index in [1.165, 1.54) is 18.9 Å². The lowest BCUT2D eigenvalue weighted by Gasteiger charge is -2.38. The molecule has 27 heteroatoms. The van der Waals surface area contributed by atoms with Crippen molar-refractivity contribution in [3.05, 3.63) is 83.9 Å². The number of carbonyl (C=O) groups is 11. The van der Waals surface area contributed by atoms with Gasteiger partial charge in [0, 0.05) is 45.9 Å². The number of aliphatic imine (C=N–C) groups is 1. The molecule has 3 aromatic rings. The molecule has 514 valence electrons. The van der Waals surface area contributed by atoms with E-state index in [4.69, 9.17) is 17.2 Å². The minimum atomic E-state index is -1.67. The fraction of sp³-hybridized carbons (Fsp3) is 0.582. The molecule has 0 aromatic heterocycles. The van der Waals surface area contributed by atoms with E-state index in [-0.39, 0.29) is 88.4 Å².